The van der Waals surface area contributed by atoms with Crippen LogP contribution in [0.2, 0.25) is 0 Å². The van der Waals surface area contributed by atoms with E-state index in [1.165, 1.54) is 17.7 Å². The summed E-state index contributed by atoms with van der Waals surface area (Å²) in [6, 6.07) is 22.8. The first-order valence-electron chi connectivity index (χ1n) is 9.46. The molecule has 0 radical (unpaired) electrons. The predicted octanol–water partition coefficient (Wildman–Crippen LogP) is 5.83. The number of carbonyl (C=O) groups is 2. The molecule has 0 aliphatic heterocycles. The zero-order valence-electron chi connectivity index (χ0n) is 16.4. The van der Waals surface area contributed by atoms with Crippen LogP contribution in [-0.4, -0.2) is 17.0 Å². The van der Waals surface area contributed by atoms with Crippen LogP contribution in [0.3, 0.4) is 0 Å². The van der Waals surface area contributed by atoms with Crippen LogP contribution in [0.25, 0.3) is 17.2 Å². The number of nitrogens with one attached hydrogen (secondary N) is 1. The lowest BCUT2D eigenvalue weighted by atomic mass is 9.98. The van der Waals surface area contributed by atoms with Crippen molar-refractivity contribution in [3.63, 3.8) is 0 Å². The maximum atomic E-state index is 12.1. The molecule has 2 N–H and O–H groups in total. The van der Waals surface area contributed by atoms with Crippen molar-refractivity contribution in [2.45, 2.75) is 19.8 Å². The van der Waals surface area contributed by atoms with Crippen LogP contribution in [0.1, 0.15) is 41.3 Å². The van der Waals surface area contributed by atoms with Gasteiger partial charge in [0.1, 0.15) is 0 Å². The van der Waals surface area contributed by atoms with Crippen LogP contribution < -0.4 is 5.32 Å². The molecule has 0 saturated carbocycles. The molecule has 0 fully saturated rings. The van der Waals surface area contributed by atoms with E-state index in [4.69, 9.17) is 0 Å². The van der Waals surface area contributed by atoms with Crippen molar-refractivity contribution in [3.05, 3.63) is 95.6 Å². The van der Waals surface area contributed by atoms with Gasteiger partial charge < -0.3 is 10.4 Å². The van der Waals surface area contributed by atoms with Crippen LogP contribution >= 0.6 is 0 Å². The van der Waals surface area contributed by atoms with Crippen molar-refractivity contribution in [2.75, 3.05) is 5.32 Å². The van der Waals surface area contributed by atoms with Gasteiger partial charge in [-0.1, -0.05) is 74.5 Å². The number of benzene rings is 3. The van der Waals surface area contributed by atoms with E-state index >= 15 is 0 Å². The lowest BCUT2D eigenvalue weighted by molar-refractivity contribution is -0.111. The zero-order chi connectivity index (χ0) is 20.8. The van der Waals surface area contributed by atoms with Crippen molar-refractivity contribution in [1.82, 2.24) is 0 Å². The van der Waals surface area contributed by atoms with E-state index in [2.05, 4.69) is 43.4 Å². The number of anilines is 1. The second kappa shape index (κ2) is 9.02. The normalized spacial score (nSPS) is 11.0. The quantitative estimate of drug-likeness (QED) is 0.525. The Labute approximate surface area is 170 Å². The number of hydrogen-bond acceptors (Lipinski definition) is 2. The molecule has 3 aromatic carbocycles. The van der Waals surface area contributed by atoms with Gasteiger partial charge in [-0.15, -0.1) is 0 Å². The molecule has 4 heteroatoms. The minimum absolute atomic E-state index is 0.0575. The van der Waals surface area contributed by atoms with Crippen molar-refractivity contribution in [3.8, 4) is 11.1 Å². The summed E-state index contributed by atoms with van der Waals surface area (Å²) in [5.41, 5.74) is 4.78. The monoisotopic (exact) mass is 385 g/mol. The minimum Gasteiger partial charge on any atom is -0.478 e. The number of rotatable bonds is 6. The van der Waals surface area contributed by atoms with Crippen molar-refractivity contribution < 1.29 is 14.7 Å². The Balaban J connectivity index is 1.67. The Morgan fingerprint density at radius 3 is 2.03 bits per heavy atom. The molecule has 29 heavy (non-hydrogen) atoms. The average molecular weight is 385 g/mol. The smallest absolute Gasteiger partial charge is 0.337 e. The molecular formula is C25H23NO3. The molecule has 1 amide bonds. The Hall–Kier alpha value is -3.66. The molecule has 0 aromatic heterocycles. The minimum atomic E-state index is -1.08. The van der Waals surface area contributed by atoms with Gasteiger partial charge >= 0.3 is 5.97 Å². The van der Waals surface area contributed by atoms with Crippen LogP contribution in [0.5, 0.6) is 0 Å². The second-order valence-electron chi connectivity index (χ2n) is 7.07. The van der Waals surface area contributed by atoms with Gasteiger partial charge in [-0.3, -0.25) is 4.79 Å². The third kappa shape index (κ3) is 5.20. The first-order chi connectivity index (χ1) is 13.9. The summed E-state index contributed by atoms with van der Waals surface area (Å²) < 4.78 is 0. The lowest BCUT2D eigenvalue weighted by Crippen LogP contribution is -2.11. The summed E-state index contributed by atoms with van der Waals surface area (Å²) >= 11 is 0. The molecule has 0 saturated heterocycles. The maximum absolute atomic E-state index is 12.1. The summed E-state index contributed by atoms with van der Waals surface area (Å²) in [5.74, 6) is -0.959. The molecule has 0 heterocycles. The summed E-state index contributed by atoms with van der Waals surface area (Å²) in [4.78, 5) is 23.4. The van der Waals surface area contributed by atoms with Crippen molar-refractivity contribution in [1.29, 1.82) is 0 Å². The molecule has 0 spiro atoms. The van der Waals surface area contributed by atoms with E-state index in [0.29, 0.717) is 5.92 Å². The zero-order valence-corrected chi connectivity index (χ0v) is 16.4. The molecule has 4 nitrogen and oxygen atoms in total. The van der Waals surface area contributed by atoms with Gasteiger partial charge in [-0.05, 0) is 46.4 Å². The third-order valence-electron chi connectivity index (χ3n) is 4.66. The van der Waals surface area contributed by atoms with E-state index in [1.807, 2.05) is 24.3 Å². The second-order valence-corrected chi connectivity index (χ2v) is 7.07. The first-order valence-corrected chi connectivity index (χ1v) is 9.46. The molecular weight excluding hydrogens is 362 g/mol. The van der Waals surface area contributed by atoms with Gasteiger partial charge in [0.25, 0.3) is 0 Å². The van der Waals surface area contributed by atoms with Crippen LogP contribution in [0.4, 0.5) is 5.69 Å². The molecule has 3 aromatic rings. The molecule has 146 valence electrons. The number of carbonyl (C=O) groups excluding carboxylic acids is 1. The van der Waals surface area contributed by atoms with E-state index in [0.717, 1.165) is 16.7 Å². The lowest BCUT2D eigenvalue weighted by Gasteiger charge is -2.07. The number of para-hydroxylation sites is 1. The maximum Gasteiger partial charge on any atom is 0.337 e. The van der Waals surface area contributed by atoms with E-state index in [-0.39, 0.29) is 17.2 Å². The Kier molecular flexibility index (Phi) is 6.25. The molecule has 0 atom stereocenters. The topological polar surface area (TPSA) is 66.4 Å². The summed E-state index contributed by atoms with van der Waals surface area (Å²) in [7, 11) is 0. The van der Waals surface area contributed by atoms with Crippen molar-refractivity contribution >= 4 is 23.6 Å². The molecule has 0 bridgehead atoms. The fourth-order valence-electron chi connectivity index (χ4n) is 2.97. The predicted molar refractivity (Wildman–Crippen MR) is 117 cm³/mol. The first kappa shape index (κ1) is 20.1. The van der Waals surface area contributed by atoms with Crippen molar-refractivity contribution in [2.24, 2.45) is 0 Å². The Morgan fingerprint density at radius 2 is 1.45 bits per heavy atom. The third-order valence-corrected chi connectivity index (χ3v) is 4.66. The Morgan fingerprint density at radius 1 is 0.862 bits per heavy atom. The Bertz CT molecular complexity index is 1030. The SMILES string of the molecule is CC(C)c1ccc(-c2ccc(/C=C/C(=O)Nc3ccccc3C(=O)O)cc2)cc1. The number of carboxylic acids is 1. The van der Waals surface area contributed by atoms with Crippen LogP contribution in [0.15, 0.2) is 78.9 Å². The highest BCUT2D eigenvalue weighted by atomic mass is 16.4. The molecule has 0 unspecified atom stereocenters. The summed E-state index contributed by atoms with van der Waals surface area (Å²) in [6.45, 7) is 4.35. The van der Waals surface area contributed by atoms with Crippen LogP contribution in [-0.2, 0) is 4.79 Å². The molecule has 0 aliphatic rings. The van der Waals surface area contributed by atoms with Crippen LogP contribution in [0, 0.1) is 0 Å². The highest BCUT2D eigenvalue weighted by molar-refractivity contribution is 6.06. The summed E-state index contributed by atoms with van der Waals surface area (Å²) in [5, 5.41) is 11.8. The van der Waals surface area contributed by atoms with E-state index < -0.39 is 5.97 Å². The van der Waals surface area contributed by atoms with Gasteiger partial charge in [-0.25, -0.2) is 4.79 Å². The summed E-state index contributed by atoms with van der Waals surface area (Å²) in [6.07, 6.45) is 3.09. The van der Waals surface area contributed by atoms with E-state index in [9.17, 15) is 14.7 Å². The van der Waals surface area contributed by atoms with Gasteiger partial charge in [0.2, 0.25) is 5.91 Å². The van der Waals surface area contributed by atoms with Gasteiger partial charge in [0.05, 0.1) is 11.3 Å². The number of aromatic carboxylic acids is 1. The van der Waals surface area contributed by atoms with E-state index in [1.54, 1.807) is 24.3 Å². The van der Waals surface area contributed by atoms with Gasteiger partial charge in [0, 0.05) is 6.08 Å². The number of hydrogen-bond donors (Lipinski definition) is 2. The standard InChI is InChI=1S/C25H23NO3/c1-17(2)19-12-14-21(15-13-19)20-10-7-18(8-11-20)9-16-24(27)26-23-6-4-3-5-22(23)25(28)29/h3-17H,1-2H3,(H,26,27)(H,28,29)/b16-9+. The highest BCUT2D eigenvalue weighted by Gasteiger charge is 2.10. The molecule has 3 rings (SSSR count). The van der Waals surface area contributed by atoms with Gasteiger partial charge in [0.15, 0.2) is 0 Å². The fourth-order valence-corrected chi connectivity index (χ4v) is 2.97. The number of carboxylic acid groups (broad SMARTS) is 1. The largest absolute Gasteiger partial charge is 0.478 e. The molecule has 0 aliphatic carbocycles. The fraction of sp³-hybridized carbons (Fsp3) is 0.120. The van der Waals surface area contributed by atoms with Gasteiger partial charge in [-0.2, -0.15) is 0 Å². The number of amides is 1. The highest BCUT2D eigenvalue weighted by Crippen LogP contribution is 2.23. The average Bonchev–Trinajstić information content (AvgIpc) is 2.73.